The number of hydrogen-bond acceptors (Lipinski definition) is 0. The zero-order valence-electron chi connectivity index (χ0n) is 9.84. The van der Waals surface area contributed by atoms with Crippen LogP contribution in [0.5, 0.6) is 0 Å². The summed E-state index contributed by atoms with van der Waals surface area (Å²) >= 11 is 0. The topological polar surface area (TPSA) is 0 Å². The summed E-state index contributed by atoms with van der Waals surface area (Å²) in [6.07, 6.45) is 7.25. The third-order valence-corrected chi connectivity index (χ3v) is 3.74. The Hall–Kier alpha value is 0. The minimum Gasteiger partial charge on any atom is -0.0654 e. The Kier molecular flexibility index (Phi) is 4.28. The molecule has 1 aliphatic rings. The smallest absolute Gasteiger partial charge is 0.0355 e. The van der Waals surface area contributed by atoms with Crippen molar-refractivity contribution < 1.29 is 0 Å². The van der Waals surface area contributed by atoms with E-state index < -0.39 is 0 Å². The van der Waals surface area contributed by atoms with Crippen molar-refractivity contribution in [1.29, 1.82) is 0 Å². The summed E-state index contributed by atoms with van der Waals surface area (Å²) in [5, 5.41) is 0. The van der Waals surface area contributed by atoms with E-state index in [0.29, 0.717) is 0 Å². The Morgan fingerprint density at radius 2 is 1.77 bits per heavy atom. The molecule has 0 saturated heterocycles. The molecular weight excluding hydrogens is 156 g/mol. The lowest BCUT2D eigenvalue weighted by atomic mass is 9.94. The molecule has 0 aromatic carbocycles. The second-order valence-corrected chi connectivity index (χ2v) is 5.28. The van der Waals surface area contributed by atoms with Crippen LogP contribution in [0.4, 0.5) is 0 Å². The maximum absolute atomic E-state index is 2.46. The van der Waals surface area contributed by atoms with E-state index in [1.54, 1.807) is 0 Å². The highest BCUT2D eigenvalue weighted by Crippen LogP contribution is 2.50. The zero-order chi connectivity index (χ0) is 9.84. The minimum atomic E-state index is 0.929. The molecule has 0 spiro atoms. The third-order valence-electron chi connectivity index (χ3n) is 3.74. The first kappa shape index (κ1) is 11.1. The fraction of sp³-hybridized carbons (Fsp3) is 1.00. The largest absolute Gasteiger partial charge is 0.0654 e. The van der Waals surface area contributed by atoms with Crippen LogP contribution in [0.2, 0.25) is 0 Å². The molecule has 0 heterocycles. The van der Waals surface area contributed by atoms with Gasteiger partial charge in [-0.1, -0.05) is 53.4 Å². The zero-order valence-corrected chi connectivity index (χ0v) is 9.84. The van der Waals surface area contributed by atoms with Gasteiger partial charge in [0.15, 0.2) is 0 Å². The number of unbranched alkanes of at least 4 members (excludes halogenated alkanes) is 2. The van der Waals surface area contributed by atoms with Crippen LogP contribution in [0, 0.1) is 23.7 Å². The van der Waals surface area contributed by atoms with Gasteiger partial charge in [0.25, 0.3) is 0 Å². The molecule has 0 aliphatic heterocycles. The van der Waals surface area contributed by atoms with Gasteiger partial charge in [-0.25, -0.2) is 0 Å². The summed E-state index contributed by atoms with van der Waals surface area (Å²) in [4.78, 5) is 0. The molecule has 3 unspecified atom stereocenters. The highest BCUT2D eigenvalue weighted by molar-refractivity contribution is 4.91. The van der Waals surface area contributed by atoms with Crippen molar-refractivity contribution >= 4 is 0 Å². The third kappa shape index (κ3) is 3.32. The molecule has 0 heteroatoms. The van der Waals surface area contributed by atoms with Crippen molar-refractivity contribution in [1.82, 2.24) is 0 Å². The lowest BCUT2D eigenvalue weighted by Crippen LogP contribution is -2.02. The summed E-state index contributed by atoms with van der Waals surface area (Å²) < 4.78 is 0. The van der Waals surface area contributed by atoms with Crippen LogP contribution < -0.4 is 0 Å². The molecule has 1 saturated carbocycles. The first-order chi connectivity index (χ1) is 6.16. The van der Waals surface area contributed by atoms with Crippen LogP contribution in [0.3, 0.4) is 0 Å². The van der Waals surface area contributed by atoms with E-state index in [9.17, 15) is 0 Å². The number of rotatable bonds is 6. The molecule has 0 bridgehead atoms. The summed E-state index contributed by atoms with van der Waals surface area (Å²) in [5.74, 6) is 4.08. The van der Waals surface area contributed by atoms with Crippen LogP contribution in [0.15, 0.2) is 0 Å². The van der Waals surface area contributed by atoms with E-state index in [1.807, 2.05) is 0 Å². The summed E-state index contributed by atoms with van der Waals surface area (Å²) in [5.41, 5.74) is 0. The van der Waals surface area contributed by atoms with Crippen molar-refractivity contribution in [2.45, 2.75) is 59.8 Å². The van der Waals surface area contributed by atoms with Gasteiger partial charge in [0.2, 0.25) is 0 Å². The molecular formula is C13H26. The average molecular weight is 182 g/mol. The predicted octanol–water partition coefficient (Wildman–Crippen LogP) is 4.49. The van der Waals surface area contributed by atoms with Gasteiger partial charge < -0.3 is 0 Å². The molecule has 0 aromatic rings. The van der Waals surface area contributed by atoms with Gasteiger partial charge in [-0.3, -0.25) is 0 Å². The maximum Gasteiger partial charge on any atom is -0.0355 e. The van der Waals surface area contributed by atoms with Crippen molar-refractivity contribution in [3.8, 4) is 0 Å². The average Bonchev–Trinajstić information content (AvgIpc) is 2.83. The Morgan fingerprint density at radius 1 is 1.08 bits per heavy atom. The molecule has 0 N–H and O–H groups in total. The van der Waals surface area contributed by atoms with Crippen LogP contribution >= 0.6 is 0 Å². The van der Waals surface area contributed by atoms with Gasteiger partial charge in [-0.15, -0.1) is 0 Å². The Balaban J connectivity index is 2.09. The Labute approximate surface area is 84.1 Å². The van der Waals surface area contributed by atoms with E-state index >= 15 is 0 Å². The first-order valence-electron chi connectivity index (χ1n) is 6.16. The quantitative estimate of drug-likeness (QED) is 0.531. The SMILES string of the molecule is CCCCCC(C)C1CC1C(C)C. The van der Waals surface area contributed by atoms with E-state index in [4.69, 9.17) is 0 Å². The molecule has 1 fully saturated rings. The minimum absolute atomic E-state index is 0.929. The van der Waals surface area contributed by atoms with Crippen LogP contribution in [0.1, 0.15) is 59.8 Å². The molecule has 1 aliphatic carbocycles. The van der Waals surface area contributed by atoms with Gasteiger partial charge in [-0.2, -0.15) is 0 Å². The second kappa shape index (κ2) is 5.02. The lowest BCUT2D eigenvalue weighted by Gasteiger charge is -2.11. The lowest BCUT2D eigenvalue weighted by molar-refractivity contribution is 0.390. The van der Waals surface area contributed by atoms with Crippen molar-refractivity contribution in [2.24, 2.45) is 23.7 Å². The molecule has 0 amide bonds. The van der Waals surface area contributed by atoms with E-state index in [2.05, 4.69) is 27.7 Å². The van der Waals surface area contributed by atoms with Gasteiger partial charge in [0.05, 0.1) is 0 Å². The van der Waals surface area contributed by atoms with Crippen LogP contribution in [0.25, 0.3) is 0 Å². The molecule has 78 valence electrons. The van der Waals surface area contributed by atoms with Crippen molar-refractivity contribution in [3.63, 3.8) is 0 Å². The Bertz CT molecular complexity index is 137. The standard InChI is InChI=1S/C13H26/c1-5-6-7-8-11(4)13-9-12(13)10(2)3/h10-13H,5-9H2,1-4H3. The van der Waals surface area contributed by atoms with E-state index in [1.165, 1.54) is 32.1 Å². The fourth-order valence-corrected chi connectivity index (χ4v) is 2.59. The van der Waals surface area contributed by atoms with Crippen LogP contribution in [-0.4, -0.2) is 0 Å². The highest BCUT2D eigenvalue weighted by Gasteiger charge is 2.41. The molecule has 0 radical (unpaired) electrons. The molecule has 0 aromatic heterocycles. The fourth-order valence-electron chi connectivity index (χ4n) is 2.59. The molecule has 0 nitrogen and oxygen atoms in total. The van der Waals surface area contributed by atoms with Crippen LogP contribution in [-0.2, 0) is 0 Å². The second-order valence-electron chi connectivity index (χ2n) is 5.28. The van der Waals surface area contributed by atoms with Gasteiger partial charge in [0.1, 0.15) is 0 Å². The summed E-state index contributed by atoms with van der Waals surface area (Å²) in [6.45, 7) is 9.51. The Morgan fingerprint density at radius 3 is 2.23 bits per heavy atom. The highest BCUT2D eigenvalue weighted by atomic mass is 14.5. The van der Waals surface area contributed by atoms with Gasteiger partial charge >= 0.3 is 0 Å². The van der Waals surface area contributed by atoms with Crippen molar-refractivity contribution in [2.75, 3.05) is 0 Å². The monoisotopic (exact) mass is 182 g/mol. The molecule has 1 rings (SSSR count). The maximum atomic E-state index is 2.46. The molecule has 13 heavy (non-hydrogen) atoms. The van der Waals surface area contributed by atoms with E-state index in [0.717, 1.165) is 23.7 Å². The van der Waals surface area contributed by atoms with Gasteiger partial charge in [0, 0.05) is 0 Å². The van der Waals surface area contributed by atoms with E-state index in [-0.39, 0.29) is 0 Å². The summed E-state index contributed by atoms with van der Waals surface area (Å²) in [6, 6.07) is 0. The predicted molar refractivity (Wildman–Crippen MR) is 59.7 cm³/mol. The van der Waals surface area contributed by atoms with Gasteiger partial charge in [-0.05, 0) is 30.1 Å². The van der Waals surface area contributed by atoms with Crippen molar-refractivity contribution in [3.05, 3.63) is 0 Å². The molecule has 3 atom stereocenters. The summed E-state index contributed by atoms with van der Waals surface area (Å²) in [7, 11) is 0. The normalized spacial score (nSPS) is 29.3. The number of hydrogen-bond donors (Lipinski definition) is 0. The first-order valence-corrected chi connectivity index (χ1v) is 6.16.